The van der Waals surface area contributed by atoms with Gasteiger partial charge in [0.05, 0.1) is 6.61 Å². The van der Waals surface area contributed by atoms with Gasteiger partial charge in [0.2, 0.25) is 0 Å². The fourth-order valence-electron chi connectivity index (χ4n) is 2.26. The minimum absolute atomic E-state index is 0.724. The second-order valence-corrected chi connectivity index (χ2v) is 6.08. The maximum Gasteiger partial charge on any atom is 0.0591 e. The fraction of sp³-hybridized carbons (Fsp3) is 1.00. The maximum atomic E-state index is 5.52. The Kier molecular flexibility index (Phi) is 9.16. The summed E-state index contributed by atoms with van der Waals surface area (Å²) >= 11 is 2.11. The maximum absolute atomic E-state index is 5.52. The lowest BCUT2D eigenvalue weighted by Gasteiger charge is -2.13. The van der Waals surface area contributed by atoms with Crippen molar-refractivity contribution >= 4 is 11.8 Å². The van der Waals surface area contributed by atoms with Crippen molar-refractivity contribution < 1.29 is 9.47 Å². The van der Waals surface area contributed by atoms with Crippen LogP contribution >= 0.6 is 11.8 Å². The average molecular weight is 261 g/mol. The van der Waals surface area contributed by atoms with Gasteiger partial charge in [-0.05, 0) is 31.4 Å². The molecule has 0 heterocycles. The molecule has 4 heteroatoms. The molecular weight excluding hydrogens is 234 g/mol. The predicted octanol–water partition coefficient (Wildman–Crippen LogP) is 2.30. The van der Waals surface area contributed by atoms with E-state index in [1.54, 1.807) is 7.11 Å². The van der Waals surface area contributed by atoms with E-state index < -0.39 is 0 Å². The van der Waals surface area contributed by atoms with E-state index in [-0.39, 0.29) is 0 Å². The molecule has 0 spiro atoms. The van der Waals surface area contributed by atoms with E-state index in [0.29, 0.717) is 0 Å². The fourth-order valence-corrected chi connectivity index (χ4v) is 3.40. The third-order valence-electron chi connectivity index (χ3n) is 3.10. The van der Waals surface area contributed by atoms with E-state index >= 15 is 0 Å². The first-order chi connectivity index (χ1) is 8.36. The van der Waals surface area contributed by atoms with Gasteiger partial charge in [-0.1, -0.05) is 6.92 Å². The van der Waals surface area contributed by atoms with Gasteiger partial charge in [-0.25, -0.2) is 0 Å². The van der Waals surface area contributed by atoms with Gasteiger partial charge in [-0.2, -0.15) is 11.8 Å². The van der Waals surface area contributed by atoms with Crippen LogP contribution in [0.5, 0.6) is 0 Å². The Morgan fingerprint density at radius 2 is 2.12 bits per heavy atom. The van der Waals surface area contributed by atoms with Gasteiger partial charge in [-0.15, -0.1) is 0 Å². The summed E-state index contributed by atoms with van der Waals surface area (Å²) in [5.41, 5.74) is 0. The SMILES string of the molecule is CCSC1CCC(NCCOCCCOC)C1. The van der Waals surface area contributed by atoms with Gasteiger partial charge in [0.25, 0.3) is 0 Å². The highest BCUT2D eigenvalue weighted by atomic mass is 32.2. The third-order valence-corrected chi connectivity index (χ3v) is 4.34. The average Bonchev–Trinajstić information content (AvgIpc) is 2.76. The van der Waals surface area contributed by atoms with Crippen LogP contribution in [0.4, 0.5) is 0 Å². The summed E-state index contributed by atoms with van der Waals surface area (Å²) in [4.78, 5) is 0. The normalized spacial score (nSPS) is 24.4. The molecule has 102 valence electrons. The quantitative estimate of drug-likeness (QED) is 0.611. The van der Waals surface area contributed by atoms with Gasteiger partial charge in [0.1, 0.15) is 0 Å². The standard InChI is InChI=1S/C13H27NO2S/c1-3-17-13-6-5-12(11-13)14-7-10-16-9-4-8-15-2/h12-14H,3-11H2,1-2H3. The number of hydrogen-bond donors (Lipinski definition) is 1. The summed E-state index contributed by atoms with van der Waals surface area (Å²) in [7, 11) is 1.73. The Morgan fingerprint density at radius 1 is 1.24 bits per heavy atom. The number of thioether (sulfide) groups is 1. The predicted molar refractivity (Wildman–Crippen MR) is 74.9 cm³/mol. The second kappa shape index (κ2) is 10.2. The monoisotopic (exact) mass is 261 g/mol. The molecule has 0 aliphatic heterocycles. The Morgan fingerprint density at radius 3 is 2.88 bits per heavy atom. The molecule has 0 bridgehead atoms. The van der Waals surface area contributed by atoms with Crippen LogP contribution in [-0.4, -0.2) is 50.5 Å². The van der Waals surface area contributed by atoms with E-state index in [1.165, 1.54) is 25.0 Å². The lowest BCUT2D eigenvalue weighted by Crippen LogP contribution is -2.30. The van der Waals surface area contributed by atoms with Gasteiger partial charge in [0.15, 0.2) is 0 Å². The number of hydrogen-bond acceptors (Lipinski definition) is 4. The lowest BCUT2D eigenvalue weighted by atomic mass is 10.2. The summed E-state index contributed by atoms with van der Waals surface area (Å²) in [6.45, 7) is 5.67. The number of methoxy groups -OCH3 is 1. The van der Waals surface area contributed by atoms with Gasteiger partial charge in [0, 0.05) is 38.2 Å². The Hall–Kier alpha value is 0.230. The molecule has 1 rings (SSSR count). The van der Waals surface area contributed by atoms with Crippen molar-refractivity contribution in [3.63, 3.8) is 0 Å². The second-order valence-electron chi connectivity index (χ2n) is 4.50. The largest absolute Gasteiger partial charge is 0.385 e. The van der Waals surface area contributed by atoms with Crippen molar-refractivity contribution in [3.8, 4) is 0 Å². The van der Waals surface area contributed by atoms with Gasteiger partial charge in [-0.3, -0.25) is 0 Å². The summed E-state index contributed by atoms with van der Waals surface area (Å²) in [6.07, 6.45) is 5.05. The Labute approximate surface area is 110 Å². The third kappa shape index (κ3) is 7.29. The van der Waals surface area contributed by atoms with Crippen molar-refractivity contribution in [1.29, 1.82) is 0 Å². The molecule has 0 aromatic rings. The molecule has 1 aliphatic carbocycles. The van der Waals surface area contributed by atoms with Crippen LogP contribution in [0.2, 0.25) is 0 Å². The molecule has 1 aliphatic rings. The zero-order chi connectivity index (χ0) is 12.3. The van der Waals surface area contributed by atoms with Crippen LogP contribution in [0.15, 0.2) is 0 Å². The van der Waals surface area contributed by atoms with E-state index in [9.17, 15) is 0 Å². The van der Waals surface area contributed by atoms with E-state index in [2.05, 4.69) is 24.0 Å². The molecule has 0 radical (unpaired) electrons. The molecule has 3 nitrogen and oxygen atoms in total. The first kappa shape index (κ1) is 15.3. The Balaban J connectivity index is 1.87. The topological polar surface area (TPSA) is 30.5 Å². The molecular formula is C13H27NO2S. The van der Waals surface area contributed by atoms with E-state index in [4.69, 9.17) is 9.47 Å². The van der Waals surface area contributed by atoms with Crippen molar-refractivity contribution in [2.24, 2.45) is 0 Å². The first-order valence-electron chi connectivity index (χ1n) is 6.78. The molecule has 0 aromatic heterocycles. The molecule has 17 heavy (non-hydrogen) atoms. The molecule has 1 fully saturated rings. The van der Waals surface area contributed by atoms with Crippen molar-refractivity contribution in [3.05, 3.63) is 0 Å². The first-order valence-corrected chi connectivity index (χ1v) is 7.83. The summed E-state index contributed by atoms with van der Waals surface area (Å²) < 4.78 is 10.5. The molecule has 0 saturated heterocycles. The minimum atomic E-state index is 0.724. The van der Waals surface area contributed by atoms with Crippen LogP contribution in [0.1, 0.15) is 32.6 Å². The molecule has 0 aromatic carbocycles. The molecule has 2 atom stereocenters. The molecule has 2 unspecified atom stereocenters. The zero-order valence-corrected chi connectivity index (χ0v) is 12.1. The molecule has 0 amide bonds. The summed E-state index contributed by atoms with van der Waals surface area (Å²) in [5.74, 6) is 1.25. The van der Waals surface area contributed by atoms with Gasteiger partial charge < -0.3 is 14.8 Å². The van der Waals surface area contributed by atoms with Crippen molar-refractivity contribution in [1.82, 2.24) is 5.32 Å². The highest BCUT2D eigenvalue weighted by Crippen LogP contribution is 2.29. The summed E-state index contributed by atoms with van der Waals surface area (Å²) in [6, 6.07) is 0.724. The number of ether oxygens (including phenoxy) is 2. The Bertz CT molecular complexity index is 181. The number of nitrogens with one attached hydrogen (secondary N) is 1. The van der Waals surface area contributed by atoms with Crippen LogP contribution in [0.3, 0.4) is 0 Å². The smallest absolute Gasteiger partial charge is 0.0591 e. The van der Waals surface area contributed by atoms with Crippen molar-refractivity contribution in [2.75, 3.05) is 39.2 Å². The summed E-state index contributed by atoms with van der Waals surface area (Å²) in [5, 5.41) is 4.48. The highest BCUT2D eigenvalue weighted by Gasteiger charge is 2.23. The molecule has 1 saturated carbocycles. The number of rotatable bonds is 10. The van der Waals surface area contributed by atoms with Gasteiger partial charge >= 0.3 is 0 Å². The van der Waals surface area contributed by atoms with Crippen LogP contribution in [0.25, 0.3) is 0 Å². The molecule has 1 N–H and O–H groups in total. The van der Waals surface area contributed by atoms with E-state index in [0.717, 1.165) is 44.1 Å². The van der Waals surface area contributed by atoms with E-state index in [1.807, 2.05) is 0 Å². The van der Waals surface area contributed by atoms with Crippen LogP contribution < -0.4 is 5.32 Å². The van der Waals surface area contributed by atoms with Crippen LogP contribution in [0, 0.1) is 0 Å². The zero-order valence-electron chi connectivity index (χ0n) is 11.2. The highest BCUT2D eigenvalue weighted by molar-refractivity contribution is 7.99. The van der Waals surface area contributed by atoms with Crippen LogP contribution in [-0.2, 0) is 9.47 Å². The van der Waals surface area contributed by atoms with Crippen molar-refractivity contribution in [2.45, 2.75) is 43.9 Å². The minimum Gasteiger partial charge on any atom is -0.385 e. The lowest BCUT2D eigenvalue weighted by molar-refractivity contribution is 0.103.